The summed E-state index contributed by atoms with van der Waals surface area (Å²) in [6.07, 6.45) is 15.1. The van der Waals surface area contributed by atoms with Crippen LogP contribution in [0.2, 0.25) is 0 Å². The summed E-state index contributed by atoms with van der Waals surface area (Å²) in [6.45, 7) is 4.69. The number of aryl methyl sites for hydroxylation is 1. The van der Waals surface area contributed by atoms with Gasteiger partial charge >= 0.3 is 0 Å². The molecule has 0 N–H and O–H groups in total. The Morgan fingerprint density at radius 2 is 1.44 bits per heavy atom. The fourth-order valence-corrected chi connectivity index (χ4v) is 4.43. The zero-order valence-electron chi connectivity index (χ0n) is 16.4. The van der Waals surface area contributed by atoms with Gasteiger partial charge in [-0.25, -0.2) is 0 Å². The van der Waals surface area contributed by atoms with E-state index in [0.717, 1.165) is 11.8 Å². The van der Waals surface area contributed by atoms with Crippen LogP contribution in [0.1, 0.15) is 95.1 Å². The first-order valence-electron chi connectivity index (χ1n) is 10.8. The first-order valence-corrected chi connectivity index (χ1v) is 10.8. The molecule has 0 spiro atoms. The summed E-state index contributed by atoms with van der Waals surface area (Å²) in [4.78, 5) is 0. The Morgan fingerprint density at radius 1 is 0.760 bits per heavy atom. The second-order valence-electron chi connectivity index (χ2n) is 8.42. The Hall–Kier alpha value is -1.30. The van der Waals surface area contributed by atoms with Crippen molar-refractivity contribution in [3.63, 3.8) is 0 Å². The molecule has 0 atom stereocenters. The molecule has 2 aromatic carbocycles. The lowest BCUT2D eigenvalue weighted by Gasteiger charge is -2.26. The molecule has 0 bridgehead atoms. The fraction of sp³-hybridized carbons (Fsp3) is 0.600. The van der Waals surface area contributed by atoms with E-state index in [9.17, 15) is 0 Å². The monoisotopic (exact) mass is 336 g/mol. The van der Waals surface area contributed by atoms with E-state index in [0.29, 0.717) is 0 Å². The second kappa shape index (κ2) is 9.41. The lowest BCUT2D eigenvalue weighted by Crippen LogP contribution is -2.10. The highest BCUT2D eigenvalue weighted by molar-refractivity contribution is 5.84. The van der Waals surface area contributed by atoms with Gasteiger partial charge in [-0.2, -0.15) is 0 Å². The molecule has 0 unspecified atom stereocenters. The number of rotatable bonds is 8. The van der Waals surface area contributed by atoms with Crippen molar-refractivity contribution in [2.75, 3.05) is 0 Å². The van der Waals surface area contributed by atoms with Crippen LogP contribution in [0.25, 0.3) is 10.8 Å². The van der Waals surface area contributed by atoms with Crippen LogP contribution in [0.3, 0.4) is 0 Å². The average molecular weight is 337 g/mol. The molecule has 0 aliphatic heterocycles. The number of hydrogen-bond acceptors (Lipinski definition) is 0. The zero-order valence-corrected chi connectivity index (χ0v) is 16.4. The molecule has 2 aromatic rings. The van der Waals surface area contributed by atoms with Crippen molar-refractivity contribution in [1.29, 1.82) is 0 Å². The van der Waals surface area contributed by atoms with E-state index in [-0.39, 0.29) is 0 Å². The van der Waals surface area contributed by atoms with Crippen LogP contribution in [0.5, 0.6) is 0 Å². The van der Waals surface area contributed by atoms with Crippen LogP contribution < -0.4 is 0 Å². The Kier molecular flexibility index (Phi) is 6.96. The third-order valence-electron chi connectivity index (χ3n) is 6.23. The summed E-state index contributed by atoms with van der Waals surface area (Å²) < 4.78 is 0. The van der Waals surface area contributed by atoms with Crippen molar-refractivity contribution in [2.45, 2.75) is 90.4 Å². The van der Waals surface area contributed by atoms with E-state index in [1.165, 1.54) is 87.0 Å². The van der Waals surface area contributed by atoms with Gasteiger partial charge in [-0.15, -0.1) is 0 Å². The molecule has 1 aliphatic carbocycles. The Morgan fingerprint density at radius 3 is 2.24 bits per heavy atom. The van der Waals surface area contributed by atoms with Crippen LogP contribution in [0.4, 0.5) is 0 Å². The van der Waals surface area contributed by atoms with Crippen molar-refractivity contribution in [3.05, 3.63) is 47.5 Å². The first-order chi connectivity index (χ1) is 12.3. The van der Waals surface area contributed by atoms with Crippen molar-refractivity contribution in [1.82, 2.24) is 0 Å². The molecule has 3 rings (SSSR count). The van der Waals surface area contributed by atoms with Crippen molar-refractivity contribution in [3.8, 4) is 0 Å². The lowest BCUT2D eigenvalue weighted by molar-refractivity contribution is 0.348. The molecule has 0 nitrogen and oxygen atoms in total. The molecule has 1 aliphatic rings. The third-order valence-corrected chi connectivity index (χ3v) is 6.23. The maximum Gasteiger partial charge on any atom is -0.0162 e. The van der Waals surface area contributed by atoms with Gasteiger partial charge in [0, 0.05) is 0 Å². The van der Waals surface area contributed by atoms with Gasteiger partial charge in [-0.05, 0) is 59.4 Å². The van der Waals surface area contributed by atoms with Gasteiger partial charge in [0.1, 0.15) is 0 Å². The largest absolute Gasteiger partial charge is 0.0654 e. The minimum atomic E-state index is 0.795. The van der Waals surface area contributed by atoms with Gasteiger partial charge in [-0.3, -0.25) is 0 Å². The highest BCUT2D eigenvalue weighted by Gasteiger charge is 2.19. The van der Waals surface area contributed by atoms with Gasteiger partial charge in [-0.1, -0.05) is 95.2 Å². The van der Waals surface area contributed by atoms with Crippen LogP contribution in [0, 0.1) is 5.92 Å². The smallest absolute Gasteiger partial charge is 0.0162 e. The SMILES string of the molecule is CCCCCCCCc1ccc2cc([C@H]3CC[C@H](C)CC3)ccc2c1. The molecule has 0 saturated heterocycles. The number of benzene rings is 2. The Labute approximate surface area is 155 Å². The minimum Gasteiger partial charge on any atom is -0.0654 e. The van der Waals surface area contributed by atoms with E-state index >= 15 is 0 Å². The summed E-state index contributed by atoms with van der Waals surface area (Å²) in [5.41, 5.74) is 3.09. The summed E-state index contributed by atoms with van der Waals surface area (Å²) >= 11 is 0. The van der Waals surface area contributed by atoms with Crippen molar-refractivity contribution in [2.24, 2.45) is 5.92 Å². The molecule has 1 saturated carbocycles. The third kappa shape index (κ3) is 5.33. The topological polar surface area (TPSA) is 0 Å². The van der Waals surface area contributed by atoms with Crippen LogP contribution in [-0.4, -0.2) is 0 Å². The highest BCUT2D eigenvalue weighted by Crippen LogP contribution is 2.36. The molecular formula is C25H36. The van der Waals surface area contributed by atoms with Gasteiger partial charge in [0.25, 0.3) is 0 Å². The molecule has 136 valence electrons. The van der Waals surface area contributed by atoms with Crippen molar-refractivity contribution < 1.29 is 0 Å². The molecule has 0 amide bonds. The molecule has 25 heavy (non-hydrogen) atoms. The fourth-order valence-electron chi connectivity index (χ4n) is 4.43. The van der Waals surface area contributed by atoms with E-state index in [4.69, 9.17) is 0 Å². The van der Waals surface area contributed by atoms with Gasteiger partial charge in [0.05, 0.1) is 0 Å². The molecule has 0 heteroatoms. The normalized spacial score (nSPS) is 20.9. The van der Waals surface area contributed by atoms with E-state index in [1.807, 2.05) is 0 Å². The van der Waals surface area contributed by atoms with E-state index in [2.05, 4.69) is 50.2 Å². The standard InChI is InChI=1S/C25H36/c1-3-4-5-6-7-8-9-21-12-15-25-19-24(17-16-23(25)18-21)22-13-10-20(2)11-14-22/h12,15-20,22H,3-11,13-14H2,1-2H3/t20-,22-. The summed E-state index contributed by atoms with van der Waals surface area (Å²) in [6, 6.07) is 14.4. The molecule has 1 fully saturated rings. The van der Waals surface area contributed by atoms with Gasteiger partial charge < -0.3 is 0 Å². The summed E-state index contributed by atoms with van der Waals surface area (Å²) in [7, 11) is 0. The van der Waals surface area contributed by atoms with Crippen LogP contribution >= 0.6 is 0 Å². The quantitative estimate of drug-likeness (QED) is 0.428. The Bertz CT molecular complexity index is 646. The molecular weight excluding hydrogens is 300 g/mol. The van der Waals surface area contributed by atoms with Gasteiger partial charge in [0.15, 0.2) is 0 Å². The maximum atomic E-state index is 2.46. The predicted octanol–water partition coefficient (Wildman–Crippen LogP) is 8.04. The zero-order chi connectivity index (χ0) is 17.5. The van der Waals surface area contributed by atoms with E-state index in [1.54, 1.807) is 5.56 Å². The molecule has 0 radical (unpaired) electrons. The average Bonchev–Trinajstić information content (AvgIpc) is 2.65. The van der Waals surface area contributed by atoms with Crippen molar-refractivity contribution >= 4 is 10.8 Å². The van der Waals surface area contributed by atoms with Crippen LogP contribution in [-0.2, 0) is 6.42 Å². The Balaban J connectivity index is 1.57. The molecule has 0 heterocycles. The number of hydrogen-bond donors (Lipinski definition) is 0. The maximum absolute atomic E-state index is 2.46. The first kappa shape index (κ1) is 18.5. The van der Waals surface area contributed by atoms with Gasteiger partial charge in [0.2, 0.25) is 0 Å². The summed E-state index contributed by atoms with van der Waals surface area (Å²) in [5.74, 6) is 1.73. The molecule has 0 aromatic heterocycles. The second-order valence-corrected chi connectivity index (χ2v) is 8.42. The number of unbranched alkanes of at least 4 members (excludes halogenated alkanes) is 5. The number of fused-ring (bicyclic) bond motifs is 1. The highest BCUT2D eigenvalue weighted by atomic mass is 14.2. The predicted molar refractivity (Wildman–Crippen MR) is 111 cm³/mol. The van der Waals surface area contributed by atoms with E-state index < -0.39 is 0 Å². The van der Waals surface area contributed by atoms with Crippen LogP contribution in [0.15, 0.2) is 36.4 Å². The lowest BCUT2D eigenvalue weighted by atomic mass is 9.79. The summed E-state index contributed by atoms with van der Waals surface area (Å²) in [5, 5.41) is 2.86. The minimum absolute atomic E-state index is 0.795.